The summed E-state index contributed by atoms with van der Waals surface area (Å²) in [6.45, 7) is 1.60. The van der Waals surface area contributed by atoms with Crippen LogP contribution < -0.4 is 0 Å². The summed E-state index contributed by atoms with van der Waals surface area (Å²) in [6.07, 6.45) is 0. The average Bonchev–Trinajstić information content (AvgIpc) is 2.38. The van der Waals surface area contributed by atoms with Gasteiger partial charge in [0.05, 0.1) is 9.82 Å². The van der Waals surface area contributed by atoms with E-state index in [1.165, 1.54) is 25.1 Å². The van der Waals surface area contributed by atoms with E-state index >= 15 is 0 Å². The Hall–Kier alpha value is -0.890. The van der Waals surface area contributed by atoms with Gasteiger partial charge in [0.15, 0.2) is 0 Å². The van der Waals surface area contributed by atoms with Gasteiger partial charge in [-0.2, -0.15) is 4.31 Å². The minimum absolute atomic E-state index is 0.0954. The molecule has 6 nitrogen and oxygen atoms in total. The first-order valence-electron chi connectivity index (χ1n) is 5.72. The summed E-state index contributed by atoms with van der Waals surface area (Å²) in [7, 11) is -3.85. The van der Waals surface area contributed by atoms with Crippen LogP contribution in [0.5, 0.6) is 0 Å². The first-order chi connectivity index (χ1) is 9.36. The van der Waals surface area contributed by atoms with Gasteiger partial charge in [-0.05, 0) is 13.0 Å². The van der Waals surface area contributed by atoms with Crippen LogP contribution in [0.25, 0.3) is 0 Å². The number of hydrogen-bond acceptors (Lipinski definition) is 4. The highest BCUT2D eigenvalue weighted by atomic mass is 35.5. The van der Waals surface area contributed by atoms with Crippen LogP contribution in [-0.2, 0) is 10.0 Å². The molecule has 0 aliphatic heterocycles. The molecule has 0 N–H and O–H groups in total. The van der Waals surface area contributed by atoms with Crippen molar-refractivity contribution >= 4 is 38.9 Å². The zero-order valence-corrected chi connectivity index (χ0v) is 13.1. The summed E-state index contributed by atoms with van der Waals surface area (Å²) in [6, 6.07) is 3.95. The summed E-state index contributed by atoms with van der Waals surface area (Å²) < 4.78 is 26.1. The number of rotatable bonds is 7. The predicted octanol–water partition coefficient (Wildman–Crippen LogP) is 2.37. The van der Waals surface area contributed by atoms with Crippen LogP contribution >= 0.6 is 23.2 Å². The zero-order chi connectivity index (χ0) is 15.3. The molecule has 0 heterocycles. The second kappa shape index (κ2) is 7.21. The smallest absolute Gasteiger partial charge is 0.258 e. The fourth-order valence-corrected chi connectivity index (χ4v) is 4.05. The topological polar surface area (TPSA) is 80.5 Å². The quantitative estimate of drug-likeness (QED) is 0.433. The third-order valence-corrected chi connectivity index (χ3v) is 5.12. The maximum atomic E-state index is 12.5. The third kappa shape index (κ3) is 3.60. The minimum atomic E-state index is -3.85. The van der Waals surface area contributed by atoms with E-state index < -0.39 is 14.9 Å². The van der Waals surface area contributed by atoms with E-state index in [0.717, 1.165) is 4.31 Å². The fourth-order valence-electron chi connectivity index (χ4n) is 1.76. The number of sulfonamides is 1. The summed E-state index contributed by atoms with van der Waals surface area (Å²) in [5, 5.41) is 10.9. The molecule has 0 fully saturated rings. The van der Waals surface area contributed by atoms with Crippen molar-refractivity contribution in [2.45, 2.75) is 11.8 Å². The summed E-state index contributed by atoms with van der Waals surface area (Å²) in [4.78, 5) is 10.2. The minimum Gasteiger partial charge on any atom is -0.258 e. The average molecular weight is 341 g/mol. The number of alkyl halides is 2. The molecule has 0 saturated heterocycles. The van der Waals surface area contributed by atoms with Gasteiger partial charge in [-0.15, -0.1) is 23.2 Å². The van der Waals surface area contributed by atoms with Crippen molar-refractivity contribution in [1.82, 2.24) is 4.31 Å². The molecular formula is C11H14Cl2N2O4S. The number of nitro benzene ring substituents is 1. The van der Waals surface area contributed by atoms with Gasteiger partial charge in [0.25, 0.3) is 5.69 Å². The van der Waals surface area contributed by atoms with Crippen molar-refractivity contribution in [3.05, 3.63) is 33.9 Å². The van der Waals surface area contributed by atoms with E-state index in [1.807, 2.05) is 0 Å². The number of nitro groups is 1. The van der Waals surface area contributed by atoms with Gasteiger partial charge >= 0.3 is 0 Å². The van der Waals surface area contributed by atoms with Crippen LogP contribution in [0.1, 0.15) is 5.56 Å². The first-order valence-corrected chi connectivity index (χ1v) is 8.23. The van der Waals surface area contributed by atoms with Crippen molar-refractivity contribution in [2.75, 3.05) is 24.8 Å². The van der Waals surface area contributed by atoms with E-state index in [2.05, 4.69) is 0 Å². The molecule has 0 aromatic heterocycles. The number of halogens is 2. The molecule has 0 amide bonds. The molecule has 0 atom stereocenters. The second-order valence-electron chi connectivity index (χ2n) is 3.94. The van der Waals surface area contributed by atoms with Crippen LogP contribution in [0.4, 0.5) is 5.69 Å². The largest absolute Gasteiger partial charge is 0.273 e. The van der Waals surface area contributed by atoms with E-state index in [1.54, 1.807) is 0 Å². The molecule has 1 rings (SSSR count). The lowest BCUT2D eigenvalue weighted by Crippen LogP contribution is -2.34. The van der Waals surface area contributed by atoms with Crippen LogP contribution in [-0.4, -0.2) is 42.5 Å². The molecule has 0 aliphatic carbocycles. The van der Waals surface area contributed by atoms with E-state index in [4.69, 9.17) is 23.2 Å². The molecule has 20 heavy (non-hydrogen) atoms. The van der Waals surface area contributed by atoms with Gasteiger partial charge in [0, 0.05) is 36.5 Å². The summed E-state index contributed by atoms with van der Waals surface area (Å²) in [5.74, 6) is 0.230. The molecule has 0 bridgehead atoms. The summed E-state index contributed by atoms with van der Waals surface area (Å²) >= 11 is 11.2. The Morgan fingerprint density at radius 3 is 2.25 bits per heavy atom. The molecule has 112 valence electrons. The molecule has 1 aromatic carbocycles. The van der Waals surface area contributed by atoms with Gasteiger partial charge in [0.1, 0.15) is 0 Å². The van der Waals surface area contributed by atoms with Gasteiger partial charge in [-0.3, -0.25) is 10.1 Å². The first kappa shape index (κ1) is 17.2. The van der Waals surface area contributed by atoms with Gasteiger partial charge in [-0.1, -0.05) is 6.07 Å². The lowest BCUT2D eigenvalue weighted by molar-refractivity contribution is -0.385. The maximum Gasteiger partial charge on any atom is 0.273 e. The van der Waals surface area contributed by atoms with Gasteiger partial charge in [0.2, 0.25) is 10.0 Å². The van der Waals surface area contributed by atoms with Crippen molar-refractivity contribution in [1.29, 1.82) is 0 Å². The Bertz CT molecular complexity index is 586. The van der Waals surface area contributed by atoms with Crippen molar-refractivity contribution in [3.8, 4) is 0 Å². The van der Waals surface area contributed by atoms with Crippen LogP contribution in [0.15, 0.2) is 23.1 Å². The Balaban J connectivity index is 3.34. The van der Waals surface area contributed by atoms with Crippen LogP contribution in [0, 0.1) is 17.0 Å². The monoisotopic (exact) mass is 340 g/mol. The molecule has 0 radical (unpaired) electrons. The zero-order valence-electron chi connectivity index (χ0n) is 10.8. The Labute approximate surface area is 127 Å². The highest BCUT2D eigenvalue weighted by Gasteiger charge is 2.28. The van der Waals surface area contributed by atoms with E-state index in [-0.39, 0.29) is 41.0 Å². The molecule has 9 heteroatoms. The highest BCUT2D eigenvalue weighted by Crippen LogP contribution is 2.27. The van der Waals surface area contributed by atoms with Gasteiger partial charge in [-0.25, -0.2) is 8.42 Å². The van der Waals surface area contributed by atoms with Crippen molar-refractivity contribution < 1.29 is 13.3 Å². The van der Waals surface area contributed by atoms with Crippen LogP contribution in [0.3, 0.4) is 0 Å². The highest BCUT2D eigenvalue weighted by molar-refractivity contribution is 7.89. The molecule has 1 aromatic rings. The molecule has 0 unspecified atom stereocenters. The van der Waals surface area contributed by atoms with Crippen molar-refractivity contribution in [3.63, 3.8) is 0 Å². The SMILES string of the molecule is Cc1c([N+](=O)[O-])cccc1S(=O)(=O)N(CCCl)CCCl. The molecule has 0 saturated carbocycles. The van der Waals surface area contributed by atoms with E-state index in [9.17, 15) is 18.5 Å². The molecule has 0 aliphatic rings. The Kier molecular flexibility index (Phi) is 6.19. The summed E-state index contributed by atoms with van der Waals surface area (Å²) in [5.41, 5.74) is -0.130. The van der Waals surface area contributed by atoms with E-state index in [0.29, 0.717) is 0 Å². The second-order valence-corrected chi connectivity index (χ2v) is 6.60. The molecular weight excluding hydrogens is 327 g/mol. The van der Waals surface area contributed by atoms with Gasteiger partial charge < -0.3 is 0 Å². The Morgan fingerprint density at radius 2 is 1.80 bits per heavy atom. The molecule has 0 spiro atoms. The number of nitrogens with zero attached hydrogens (tertiary/aromatic N) is 2. The lowest BCUT2D eigenvalue weighted by atomic mass is 10.2. The van der Waals surface area contributed by atoms with Crippen molar-refractivity contribution in [2.24, 2.45) is 0 Å². The Morgan fingerprint density at radius 1 is 1.25 bits per heavy atom. The maximum absolute atomic E-state index is 12.5. The fraction of sp³-hybridized carbons (Fsp3) is 0.455. The number of benzene rings is 1. The number of hydrogen-bond donors (Lipinski definition) is 0. The van der Waals surface area contributed by atoms with Crippen LogP contribution in [0.2, 0.25) is 0 Å². The third-order valence-electron chi connectivity index (χ3n) is 2.74. The lowest BCUT2D eigenvalue weighted by Gasteiger charge is -2.21. The normalized spacial score (nSPS) is 11.8. The predicted molar refractivity (Wildman–Crippen MR) is 78.0 cm³/mol. The standard InChI is InChI=1S/C11H14Cl2N2O4S/c1-9-10(15(16)17)3-2-4-11(9)20(18,19)14(7-5-12)8-6-13/h2-4H,5-8H2,1H3.